The van der Waals surface area contributed by atoms with Gasteiger partial charge in [-0.25, -0.2) is 13.2 Å². The number of hydrogen-bond acceptors (Lipinski definition) is 4. The van der Waals surface area contributed by atoms with Crippen LogP contribution >= 0.6 is 23.2 Å². The smallest absolute Gasteiger partial charge is 0.410 e. The van der Waals surface area contributed by atoms with Gasteiger partial charge in [-0.2, -0.15) is 0 Å². The first-order valence-corrected chi connectivity index (χ1v) is 10.5. The van der Waals surface area contributed by atoms with Crippen LogP contribution in [0.15, 0.2) is 23.1 Å². The lowest BCUT2D eigenvalue weighted by Crippen LogP contribution is -2.44. The Balaban J connectivity index is 2.07. The Morgan fingerprint density at radius 3 is 2.60 bits per heavy atom. The molecule has 0 aliphatic carbocycles. The van der Waals surface area contributed by atoms with Crippen LogP contribution in [0.4, 0.5) is 4.79 Å². The summed E-state index contributed by atoms with van der Waals surface area (Å²) in [4.78, 5) is 13.9. The quantitative estimate of drug-likeness (QED) is 0.743. The van der Waals surface area contributed by atoms with Gasteiger partial charge >= 0.3 is 6.09 Å². The predicted octanol–water partition coefficient (Wildman–Crippen LogP) is 4.41. The normalized spacial score (nSPS) is 18.9. The predicted molar refractivity (Wildman–Crippen MR) is 99.0 cm³/mol. The van der Waals surface area contributed by atoms with Gasteiger partial charge in [-0.05, 0) is 57.7 Å². The zero-order valence-electron chi connectivity index (χ0n) is 14.6. The monoisotopic (exact) mass is 407 g/mol. The van der Waals surface area contributed by atoms with E-state index in [9.17, 15) is 13.2 Å². The molecule has 2 rings (SSSR count). The molecule has 1 aromatic rings. The van der Waals surface area contributed by atoms with E-state index in [1.165, 1.54) is 18.2 Å². The van der Waals surface area contributed by atoms with Gasteiger partial charge in [0.15, 0.2) is 9.84 Å². The Morgan fingerprint density at radius 2 is 2.00 bits per heavy atom. The largest absolute Gasteiger partial charge is 0.444 e. The second-order valence-corrected chi connectivity index (χ2v) is 10.1. The fourth-order valence-electron chi connectivity index (χ4n) is 2.82. The molecule has 1 aliphatic rings. The van der Waals surface area contributed by atoms with Crippen molar-refractivity contribution in [1.29, 1.82) is 0 Å². The average Bonchev–Trinajstić information content (AvgIpc) is 2.44. The molecule has 1 unspecified atom stereocenters. The Hall–Kier alpha value is -0.980. The molecule has 0 N–H and O–H groups in total. The molecule has 1 atom stereocenters. The van der Waals surface area contributed by atoms with E-state index in [1.54, 1.807) is 25.7 Å². The summed E-state index contributed by atoms with van der Waals surface area (Å²) in [6.45, 7) is 6.35. The molecule has 1 saturated heterocycles. The SMILES string of the molecule is CC(C)(C)OC(=O)N1CCCC(CS(=O)(=O)c2ccc(Cl)cc2Cl)C1. The molecule has 1 heterocycles. The summed E-state index contributed by atoms with van der Waals surface area (Å²) >= 11 is 11.9. The lowest BCUT2D eigenvalue weighted by atomic mass is 10.0. The Kier molecular flexibility index (Phi) is 6.28. The first-order chi connectivity index (χ1) is 11.5. The summed E-state index contributed by atoms with van der Waals surface area (Å²) in [5.74, 6) is -0.216. The molecular formula is C17H23Cl2NO4S. The first kappa shape index (κ1) is 20.3. The molecule has 0 aromatic heterocycles. The Morgan fingerprint density at radius 1 is 1.32 bits per heavy atom. The van der Waals surface area contributed by atoms with E-state index in [-0.39, 0.29) is 21.6 Å². The van der Waals surface area contributed by atoms with E-state index in [0.717, 1.165) is 12.8 Å². The zero-order valence-corrected chi connectivity index (χ0v) is 16.9. The van der Waals surface area contributed by atoms with E-state index < -0.39 is 21.5 Å². The maximum Gasteiger partial charge on any atom is 0.410 e. The van der Waals surface area contributed by atoms with Gasteiger partial charge in [0.25, 0.3) is 0 Å². The van der Waals surface area contributed by atoms with Crippen LogP contribution in [0.1, 0.15) is 33.6 Å². The number of rotatable bonds is 3. The molecule has 1 fully saturated rings. The fraction of sp³-hybridized carbons (Fsp3) is 0.588. The van der Waals surface area contributed by atoms with Crippen LogP contribution in [0.2, 0.25) is 10.0 Å². The van der Waals surface area contributed by atoms with Crippen LogP contribution in [0.5, 0.6) is 0 Å². The number of amides is 1. The van der Waals surface area contributed by atoms with E-state index in [4.69, 9.17) is 27.9 Å². The van der Waals surface area contributed by atoms with Gasteiger partial charge in [0, 0.05) is 18.1 Å². The third kappa shape index (κ3) is 5.76. The topological polar surface area (TPSA) is 63.7 Å². The number of ether oxygens (including phenoxy) is 1. The van der Waals surface area contributed by atoms with Gasteiger partial charge in [-0.15, -0.1) is 0 Å². The van der Waals surface area contributed by atoms with Gasteiger partial charge in [0.2, 0.25) is 0 Å². The molecular weight excluding hydrogens is 385 g/mol. The highest BCUT2D eigenvalue weighted by molar-refractivity contribution is 7.91. The maximum atomic E-state index is 12.7. The molecule has 1 amide bonds. The molecule has 5 nitrogen and oxygen atoms in total. The van der Waals surface area contributed by atoms with Crippen LogP contribution < -0.4 is 0 Å². The van der Waals surface area contributed by atoms with E-state index in [0.29, 0.717) is 18.1 Å². The van der Waals surface area contributed by atoms with Crippen LogP contribution in [-0.2, 0) is 14.6 Å². The number of benzene rings is 1. The van der Waals surface area contributed by atoms with E-state index in [1.807, 2.05) is 0 Å². The molecule has 1 aromatic carbocycles. The Bertz CT molecular complexity index is 744. The standard InChI is InChI=1S/C17H23Cl2NO4S/c1-17(2,3)24-16(21)20-8-4-5-12(10-20)11-25(22,23)15-7-6-13(18)9-14(15)19/h6-7,9,12H,4-5,8,10-11H2,1-3H3. The van der Waals surface area contributed by atoms with Gasteiger partial charge < -0.3 is 9.64 Å². The van der Waals surface area contributed by atoms with Crippen molar-refractivity contribution in [3.8, 4) is 0 Å². The van der Waals surface area contributed by atoms with E-state index in [2.05, 4.69) is 0 Å². The number of hydrogen-bond donors (Lipinski definition) is 0. The average molecular weight is 408 g/mol. The van der Waals surface area contributed by atoms with Crippen molar-refractivity contribution in [2.75, 3.05) is 18.8 Å². The van der Waals surface area contributed by atoms with Gasteiger partial charge in [0.1, 0.15) is 5.60 Å². The van der Waals surface area contributed by atoms with Crippen LogP contribution in [0.3, 0.4) is 0 Å². The second-order valence-electron chi connectivity index (χ2n) is 7.29. The number of nitrogens with zero attached hydrogens (tertiary/aromatic N) is 1. The minimum atomic E-state index is -3.56. The minimum Gasteiger partial charge on any atom is -0.444 e. The summed E-state index contributed by atoms with van der Waals surface area (Å²) in [6.07, 6.45) is 1.08. The van der Waals surface area contributed by atoms with Gasteiger partial charge in [-0.1, -0.05) is 23.2 Å². The molecule has 25 heavy (non-hydrogen) atoms. The highest BCUT2D eigenvalue weighted by atomic mass is 35.5. The van der Waals surface area contributed by atoms with Crippen molar-refractivity contribution in [3.63, 3.8) is 0 Å². The van der Waals surface area contributed by atoms with Crippen molar-refractivity contribution in [3.05, 3.63) is 28.2 Å². The van der Waals surface area contributed by atoms with Crippen LogP contribution in [0.25, 0.3) is 0 Å². The third-order valence-electron chi connectivity index (χ3n) is 3.85. The number of likely N-dealkylation sites (tertiary alicyclic amines) is 1. The fourth-order valence-corrected chi connectivity index (χ4v) is 5.29. The molecule has 8 heteroatoms. The van der Waals surface area contributed by atoms with Crippen LogP contribution in [0, 0.1) is 5.92 Å². The van der Waals surface area contributed by atoms with Crippen molar-refractivity contribution in [2.45, 2.75) is 44.1 Å². The highest BCUT2D eigenvalue weighted by Gasteiger charge is 2.31. The first-order valence-electron chi connectivity index (χ1n) is 8.14. The lowest BCUT2D eigenvalue weighted by Gasteiger charge is -2.34. The van der Waals surface area contributed by atoms with E-state index >= 15 is 0 Å². The van der Waals surface area contributed by atoms with Crippen molar-refractivity contribution in [1.82, 2.24) is 4.90 Å². The van der Waals surface area contributed by atoms with Gasteiger partial charge in [-0.3, -0.25) is 0 Å². The molecule has 0 radical (unpaired) electrons. The lowest BCUT2D eigenvalue weighted by molar-refractivity contribution is 0.0176. The zero-order chi connectivity index (χ0) is 18.8. The number of sulfone groups is 1. The molecule has 140 valence electrons. The number of halogens is 2. The van der Waals surface area contributed by atoms with Crippen LogP contribution in [-0.4, -0.2) is 43.9 Å². The summed E-state index contributed by atoms with van der Waals surface area (Å²) in [7, 11) is -3.56. The van der Waals surface area contributed by atoms with Crippen molar-refractivity contribution in [2.24, 2.45) is 5.92 Å². The van der Waals surface area contributed by atoms with Crippen molar-refractivity contribution >= 4 is 39.1 Å². The summed E-state index contributed by atoms with van der Waals surface area (Å²) in [5, 5.41) is 0.505. The van der Waals surface area contributed by atoms with Crippen molar-refractivity contribution < 1.29 is 17.9 Å². The molecule has 0 saturated carbocycles. The highest BCUT2D eigenvalue weighted by Crippen LogP contribution is 2.29. The third-order valence-corrected chi connectivity index (χ3v) is 6.45. The molecule has 0 spiro atoms. The number of piperidine rings is 1. The number of carbonyl (C=O) groups is 1. The maximum absolute atomic E-state index is 12.7. The summed E-state index contributed by atoms with van der Waals surface area (Å²) < 4.78 is 30.7. The number of carbonyl (C=O) groups excluding carboxylic acids is 1. The Labute approximate surface area is 159 Å². The second kappa shape index (κ2) is 7.72. The van der Waals surface area contributed by atoms with Gasteiger partial charge in [0.05, 0.1) is 15.7 Å². The minimum absolute atomic E-state index is 0.0619. The summed E-state index contributed by atoms with van der Waals surface area (Å²) in [5.41, 5.74) is -0.576. The molecule has 0 bridgehead atoms. The summed E-state index contributed by atoms with van der Waals surface area (Å²) in [6, 6.07) is 4.35. The molecule has 1 aliphatic heterocycles.